The summed E-state index contributed by atoms with van der Waals surface area (Å²) >= 11 is 0. The van der Waals surface area contributed by atoms with Gasteiger partial charge in [-0.05, 0) is 30.7 Å². The molecule has 2 heteroatoms. The topological polar surface area (TPSA) is 4.93 Å². The molecule has 0 saturated carbocycles. The zero-order valence-corrected chi connectivity index (χ0v) is 7.63. The molecule has 0 atom stereocenters. The van der Waals surface area contributed by atoms with Crippen LogP contribution in [-0.2, 0) is 6.54 Å². The quantitative estimate of drug-likeness (QED) is 0.664. The van der Waals surface area contributed by atoms with Crippen LogP contribution in [0.3, 0.4) is 0 Å². The SMILES string of the molecule is CCCn1ccc2cc(F)ccc21. The van der Waals surface area contributed by atoms with Crippen molar-refractivity contribution >= 4 is 10.9 Å². The molecule has 1 aromatic carbocycles. The summed E-state index contributed by atoms with van der Waals surface area (Å²) < 4.78 is 15.0. The average molecular weight is 177 g/mol. The maximum atomic E-state index is 12.8. The lowest BCUT2D eigenvalue weighted by Crippen LogP contribution is -1.93. The fraction of sp³-hybridized carbons (Fsp3) is 0.273. The smallest absolute Gasteiger partial charge is 0.123 e. The third-order valence-electron chi connectivity index (χ3n) is 2.20. The van der Waals surface area contributed by atoms with Crippen LogP contribution in [0.25, 0.3) is 10.9 Å². The number of aromatic nitrogens is 1. The van der Waals surface area contributed by atoms with Gasteiger partial charge in [-0.3, -0.25) is 0 Å². The molecule has 0 aliphatic heterocycles. The highest BCUT2D eigenvalue weighted by Gasteiger charge is 2.00. The van der Waals surface area contributed by atoms with Gasteiger partial charge in [0, 0.05) is 23.6 Å². The van der Waals surface area contributed by atoms with Gasteiger partial charge in [0.15, 0.2) is 0 Å². The van der Waals surface area contributed by atoms with E-state index in [1.807, 2.05) is 18.3 Å². The monoisotopic (exact) mass is 177 g/mol. The number of rotatable bonds is 2. The van der Waals surface area contributed by atoms with E-state index >= 15 is 0 Å². The molecule has 0 fully saturated rings. The van der Waals surface area contributed by atoms with Crippen LogP contribution in [0.1, 0.15) is 13.3 Å². The number of nitrogens with zero attached hydrogens (tertiary/aromatic N) is 1. The van der Waals surface area contributed by atoms with E-state index < -0.39 is 0 Å². The van der Waals surface area contributed by atoms with Crippen LogP contribution < -0.4 is 0 Å². The van der Waals surface area contributed by atoms with Gasteiger partial charge in [-0.1, -0.05) is 6.92 Å². The predicted octanol–water partition coefficient (Wildman–Crippen LogP) is 3.19. The Morgan fingerprint density at radius 1 is 1.31 bits per heavy atom. The molecular weight excluding hydrogens is 165 g/mol. The largest absolute Gasteiger partial charge is 0.347 e. The molecule has 13 heavy (non-hydrogen) atoms. The summed E-state index contributed by atoms with van der Waals surface area (Å²) in [6.45, 7) is 3.13. The van der Waals surface area contributed by atoms with Gasteiger partial charge in [0.05, 0.1) is 0 Å². The van der Waals surface area contributed by atoms with E-state index in [0.717, 1.165) is 23.9 Å². The number of aryl methyl sites for hydroxylation is 1. The predicted molar refractivity (Wildman–Crippen MR) is 52.2 cm³/mol. The van der Waals surface area contributed by atoms with Crippen LogP contribution in [0.5, 0.6) is 0 Å². The van der Waals surface area contributed by atoms with Gasteiger partial charge < -0.3 is 4.57 Å². The van der Waals surface area contributed by atoms with Crippen molar-refractivity contribution < 1.29 is 4.39 Å². The summed E-state index contributed by atoms with van der Waals surface area (Å²) in [7, 11) is 0. The second-order valence-electron chi connectivity index (χ2n) is 3.21. The van der Waals surface area contributed by atoms with Gasteiger partial charge in [-0.2, -0.15) is 0 Å². The Labute approximate surface area is 76.8 Å². The minimum absolute atomic E-state index is 0.165. The van der Waals surface area contributed by atoms with Crippen LogP contribution >= 0.6 is 0 Å². The normalized spacial score (nSPS) is 10.9. The molecule has 0 unspecified atom stereocenters. The van der Waals surface area contributed by atoms with Crippen molar-refractivity contribution in [2.24, 2.45) is 0 Å². The fourth-order valence-corrected chi connectivity index (χ4v) is 1.61. The first-order valence-electron chi connectivity index (χ1n) is 4.55. The van der Waals surface area contributed by atoms with E-state index in [1.54, 1.807) is 6.07 Å². The van der Waals surface area contributed by atoms with Crippen LogP contribution in [0.4, 0.5) is 4.39 Å². The Morgan fingerprint density at radius 2 is 2.15 bits per heavy atom. The van der Waals surface area contributed by atoms with Crippen LogP contribution in [0.2, 0.25) is 0 Å². The Morgan fingerprint density at radius 3 is 2.92 bits per heavy atom. The minimum Gasteiger partial charge on any atom is -0.347 e. The maximum absolute atomic E-state index is 12.8. The van der Waals surface area contributed by atoms with Crippen LogP contribution in [0, 0.1) is 5.82 Å². The Hall–Kier alpha value is -1.31. The van der Waals surface area contributed by atoms with E-state index in [2.05, 4.69) is 11.5 Å². The lowest BCUT2D eigenvalue weighted by molar-refractivity contribution is 0.629. The Bertz CT molecular complexity index is 417. The highest BCUT2D eigenvalue weighted by molar-refractivity contribution is 5.80. The maximum Gasteiger partial charge on any atom is 0.123 e. The first-order chi connectivity index (χ1) is 6.31. The lowest BCUT2D eigenvalue weighted by atomic mass is 10.2. The van der Waals surface area contributed by atoms with E-state index in [4.69, 9.17) is 0 Å². The standard InChI is InChI=1S/C11H12FN/c1-2-6-13-7-5-9-8-10(12)3-4-11(9)13/h3-5,7-8H,2,6H2,1H3. The van der Waals surface area contributed by atoms with Crippen LogP contribution in [0.15, 0.2) is 30.5 Å². The third-order valence-corrected chi connectivity index (χ3v) is 2.20. The molecule has 0 spiro atoms. The molecular formula is C11H12FN. The van der Waals surface area contributed by atoms with E-state index in [0.29, 0.717) is 0 Å². The molecule has 0 aliphatic carbocycles. The van der Waals surface area contributed by atoms with Gasteiger partial charge in [-0.25, -0.2) is 4.39 Å². The molecule has 1 heterocycles. The molecule has 2 rings (SSSR count). The van der Waals surface area contributed by atoms with Gasteiger partial charge in [0.2, 0.25) is 0 Å². The first-order valence-corrected chi connectivity index (χ1v) is 4.55. The second-order valence-corrected chi connectivity index (χ2v) is 3.21. The molecule has 0 radical (unpaired) electrons. The molecule has 0 bridgehead atoms. The Balaban J connectivity index is 2.55. The summed E-state index contributed by atoms with van der Waals surface area (Å²) in [4.78, 5) is 0. The summed E-state index contributed by atoms with van der Waals surface area (Å²) in [6.07, 6.45) is 3.11. The molecule has 2 aromatic rings. The lowest BCUT2D eigenvalue weighted by Gasteiger charge is -2.01. The zero-order chi connectivity index (χ0) is 9.26. The summed E-state index contributed by atoms with van der Waals surface area (Å²) in [5.41, 5.74) is 1.11. The molecule has 0 aliphatic rings. The molecule has 0 N–H and O–H groups in total. The summed E-state index contributed by atoms with van der Waals surface area (Å²) in [5, 5.41) is 0.980. The summed E-state index contributed by atoms with van der Waals surface area (Å²) in [5.74, 6) is -0.165. The zero-order valence-electron chi connectivity index (χ0n) is 7.63. The molecule has 1 nitrogen and oxygen atoms in total. The van der Waals surface area contributed by atoms with Gasteiger partial charge in [-0.15, -0.1) is 0 Å². The molecule has 68 valence electrons. The number of halogens is 1. The number of fused-ring (bicyclic) bond motifs is 1. The van der Waals surface area contributed by atoms with Gasteiger partial charge in [0.25, 0.3) is 0 Å². The second kappa shape index (κ2) is 3.21. The number of hydrogen-bond acceptors (Lipinski definition) is 0. The van der Waals surface area contributed by atoms with E-state index in [1.165, 1.54) is 6.07 Å². The van der Waals surface area contributed by atoms with Crippen molar-refractivity contribution in [3.8, 4) is 0 Å². The number of benzene rings is 1. The van der Waals surface area contributed by atoms with E-state index in [-0.39, 0.29) is 5.82 Å². The third kappa shape index (κ3) is 1.44. The molecule has 0 saturated heterocycles. The average Bonchev–Trinajstić information content (AvgIpc) is 2.49. The van der Waals surface area contributed by atoms with Gasteiger partial charge in [0.1, 0.15) is 5.82 Å². The summed E-state index contributed by atoms with van der Waals surface area (Å²) in [6, 6.07) is 6.87. The fourth-order valence-electron chi connectivity index (χ4n) is 1.61. The highest BCUT2D eigenvalue weighted by Crippen LogP contribution is 2.17. The molecule has 1 aromatic heterocycles. The van der Waals surface area contributed by atoms with Crippen LogP contribution in [-0.4, -0.2) is 4.57 Å². The van der Waals surface area contributed by atoms with Gasteiger partial charge >= 0.3 is 0 Å². The highest BCUT2D eigenvalue weighted by atomic mass is 19.1. The first kappa shape index (κ1) is 8.30. The minimum atomic E-state index is -0.165. The van der Waals surface area contributed by atoms with E-state index in [9.17, 15) is 4.39 Å². The van der Waals surface area contributed by atoms with Crippen molar-refractivity contribution in [1.82, 2.24) is 4.57 Å². The Kier molecular flexibility index (Phi) is 2.05. The number of hydrogen-bond donors (Lipinski definition) is 0. The van der Waals surface area contributed by atoms with Crippen molar-refractivity contribution in [3.63, 3.8) is 0 Å². The van der Waals surface area contributed by atoms with Crippen molar-refractivity contribution in [3.05, 3.63) is 36.3 Å². The van der Waals surface area contributed by atoms with Crippen molar-refractivity contribution in [1.29, 1.82) is 0 Å². The van der Waals surface area contributed by atoms with Crippen molar-refractivity contribution in [2.45, 2.75) is 19.9 Å². The molecule has 0 amide bonds. The van der Waals surface area contributed by atoms with Crippen molar-refractivity contribution in [2.75, 3.05) is 0 Å².